The second kappa shape index (κ2) is 5.05. The molecule has 4 aromatic rings. The Morgan fingerprint density at radius 2 is 1.17 bits per heavy atom. The average molecular weight is 320 g/mol. The van der Waals surface area contributed by atoms with Crippen molar-refractivity contribution in [3.8, 4) is 11.6 Å². The van der Waals surface area contributed by atoms with Gasteiger partial charge in [-0.05, 0) is 13.8 Å². The van der Waals surface area contributed by atoms with Crippen LogP contribution in [0.3, 0.4) is 0 Å². The van der Waals surface area contributed by atoms with Crippen molar-refractivity contribution in [2.24, 2.45) is 0 Å². The van der Waals surface area contributed by atoms with Gasteiger partial charge in [-0.2, -0.15) is 19.6 Å². The number of rotatable bonds is 2. The van der Waals surface area contributed by atoms with Crippen molar-refractivity contribution in [3.63, 3.8) is 0 Å². The van der Waals surface area contributed by atoms with Gasteiger partial charge in [0.15, 0.2) is 11.6 Å². The van der Waals surface area contributed by atoms with Crippen molar-refractivity contribution >= 4 is 22.4 Å². The highest BCUT2D eigenvalue weighted by molar-refractivity contribution is 5.93. The Kier molecular flexibility index (Phi) is 2.99. The Labute approximate surface area is 137 Å². The van der Waals surface area contributed by atoms with Gasteiger partial charge in [-0.15, -0.1) is 10.2 Å². The second-order valence-electron chi connectivity index (χ2n) is 5.64. The fraction of sp³-hybridized carbons (Fsp3) is 0.125. The van der Waals surface area contributed by atoms with Crippen molar-refractivity contribution in [1.82, 2.24) is 29.8 Å². The highest BCUT2D eigenvalue weighted by atomic mass is 15.4. The molecular formula is C16H16N8. The molecule has 0 radical (unpaired) electrons. The molecule has 4 rings (SSSR count). The van der Waals surface area contributed by atoms with Crippen LogP contribution in [0.15, 0.2) is 36.4 Å². The van der Waals surface area contributed by atoms with E-state index in [4.69, 9.17) is 11.5 Å². The van der Waals surface area contributed by atoms with Crippen molar-refractivity contribution in [1.29, 1.82) is 0 Å². The van der Waals surface area contributed by atoms with Crippen molar-refractivity contribution in [2.45, 2.75) is 13.8 Å². The number of hydrogen-bond donors (Lipinski definition) is 2. The monoisotopic (exact) mass is 320 g/mol. The minimum absolute atomic E-state index is 0.508. The van der Waals surface area contributed by atoms with Crippen LogP contribution in [0.25, 0.3) is 22.4 Å². The topological polar surface area (TPSA) is 113 Å². The molecule has 120 valence electrons. The summed E-state index contributed by atoms with van der Waals surface area (Å²) in [6, 6.07) is 11.3. The van der Waals surface area contributed by atoms with Crippen LogP contribution >= 0.6 is 0 Å². The molecule has 0 aliphatic heterocycles. The maximum absolute atomic E-state index is 6.04. The largest absolute Gasteiger partial charge is 0.384 e. The lowest BCUT2D eigenvalue weighted by Crippen LogP contribution is -2.11. The van der Waals surface area contributed by atoms with E-state index in [9.17, 15) is 0 Å². The Hall–Kier alpha value is -3.42. The Morgan fingerprint density at radius 1 is 0.750 bits per heavy atom. The van der Waals surface area contributed by atoms with E-state index >= 15 is 0 Å². The number of anilines is 2. The van der Waals surface area contributed by atoms with E-state index in [-0.39, 0.29) is 0 Å². The molecule has 0 bridgehead atoms. The van der Waals surface area contributed by atoms with Crippen LogP contribution in [0.5, 0.6) is 0 Å². The molecule has 1 aromatic carbocycles. The van der Waals surface area contributed by atoms with Crippen LogP contribution in [0.1, 0.15) is 11.4 Å². The van der Waals surface area contributed by atoms with Crippen LogP contribution < -0.4 is 11.5 Å². The summed E-state index contributed by atoms with van der Waals surface area (Å²) in [6.07, 6.45) is 0. The van der Waals surface area contributed by atoms with Gasteiger partial charge in [0.05, 0.1) is 11.4 Å². The molecule has 4 N–H and O–H groups in total. The summed E-state index contributed by atoms with van der Waals surface area (Å²) in [7, 11) is 0. The number of nitrogens with zero attached hydrogens (tertiary/aromatic N) is 6. The zero-order valence-electron chi connectivity index (χ0n) is 13.3. The first kappa shape index (κ1) is 14.2. The quantitative estimate of drug-likeness (QED) is 0.582. The summed E-state index contributed by atoms with van der Waals surface area (Å²) < 4.78 is 3.18. The van der Waals surface area contributed by atoms with Gasteiger partial charge in [-0.25, -0.2) is 0 Å². The number of nitrogens with two attached hydrogens (primary N) is 2. The minimum atomic E-state index is 0.508. The van der Waals surface area contributed by atoms with Gasteiger partial charge in [-0.3, -0.25) is 0 Å². The molecule has 0 aliphatic carbocycles. The van der Waals surface area contributed by atoms with Gasteiger partial charge < -0.3 is 11.5 Å². The van der Waals surface area contributed by atoms with Gasteiger partial charge in [-0.1, -0.05) is 24.3 Å². The van der Waals surface area contributed by atoms with Crippen LogP contribution in [0.2, 0.25) is 0 Å². The Balaban J connectivity index is 2.02. The lowest BCUT2D eigenvalue weighted by Gasteiger charge is -2.10. The molecule has 0 spiro atoms. The van der Waals surface area contributed by atoms with Gasteiger partial charge in [0.2, 0.25) is 0 Å². The predicted molar refractivity (Wildman–Crippen MR) is 92.1 cm³/mol. The molecule has 0 fully saturated rings. The molecule has 0 atom stereocenters. The zero-order valence-corrected chi connectivity index (χ0v) is 13.3. The second-order valence-corrected chi connectivity index (χ2v) is 5.64. The summed E-state index contributed by atoms with van der Waals surface area (Å²) in [5.74, 6) is 2.16. The Morgan fingerprint density at radius 3 is 1.50 bits per heavy atom. The van der Waals surface area contributed by atoms with Crippen LogP contribution in [0, 0.1) is 13.8 Å². The lowest BCUT2D eigenvalue weighted by atomic mass is 10.1. The number of aryl methyl sites for hydroxylation is 2. The molecule has 0 amide bonds. The summed E-state index contributed by atoms with van der Waals surface area (Å²) in [6.45, 7) is 3.76. The van der Waals surface area contributed by atoms with Crippen molar-refractivity contribution < 1.29 is 0 Å². The molecule has 3 heterocycles. The maximum atomic E-state index is 6.04. The van der Waals surface area contributed by atoms with E-state index in [1.807, 2.05) is 38.1 Å². The molecular weight excluding hydrogens is 304 g/mol. The van der Waals surface area contributed by atoms with Gasteiger partial charge in [0.1, 0.15) is 11.6 Å². The average Bonchev–Trinajstić information content (AvgIpc) is 3.07. The van der Waals surface area contributed by atoms with Gasteiger partial charge >= 0.3 is 0 Å². The van der Waals surface area contributed by atoms with E-state index in [1.54, 1.807) is 21.5 Å². The van der Waals surface area contributed by atoms with Gasteiger partial charge in [0.25, 0.3) is 0 Å². The minimum Gasteiger partial charge on any atom is -0.384 e. The molecule has 0 saturated carbocycles. The van der Waals surface area contributed by atoms with Crippen LogP contribution in [-0.4, -0.2) is 29.8 Å². The lowest BCUT2D eigenvalue weighted by molar-refractivity contribution is 0.785. The fourth-order valence-corrected chi connectivity index (χ4v) is 2.77. The van der Waals surface area contributed by atoms with Crippen molar-refractivity contribution in [3.05, 3.63) is 47.8 Å². The highest BCUT2D eigenvalue weighted by Crippen LogP contribution is 2.26. The predicted octanol–water partition coefficient (Wildman–Crippen LogP) is 1.78. The zero-order chi connectivity index (χ0) is 16.8. The van der Waals surface area contributed by atoms with E-state index in [2.05, 4.69) is 20.4 Å². The summed E-state index contributed by atoms with van der Waals surface area (Å²) >= 11 is 0. The molecule has 8 heteroatoms. The number of benzene rings is 1. The molecule has 0 aliphatic rings. The fourth-order valence-electron chi connectivity index (χ4n) is 2.77. The third kappa shape index (κ3) is 2.08. The molecule has 0 unspecified atom stereocenters. The van der Waals surface area contributed by atoms with E-state index in [1.165, 1.54) is 0 Å². The molecule has 3 aromatic heterocycles. The number of aromatic nitrogens is 6. The first-order valence-electron chi connectivity index (χ1n) is 7.45. The highest BCUT2D eigenvalue weighted by Gasteiger charge is 2.16. The summed E-state index contributed by atoms with van der Waals surface area (Å²) in [4.78, 5) is 0. The third-order valence-electron chi connectivity index (χ3n) is 3.77. The van der Waals surface area contributed by atoms with Gasteiger partial charge in [0, 0.05) is 22.9 Å². The van der Waals surface area contributed by atoms with E-state index < -0.39 is 0 Å². The normalized spacial score (nSPS) is 11.2. The number of fused-ring (bicyclic) bond motifs is 1. The molecule has 8 nitrogen and oxygen atoms in total. The first-order chi connectivity index (χ1) is 11.5. The number of hydrogen-bond acceptors (Lipinski definition) is 6. The van der Waals surface area contributed by atoms with Crippen LogP contribution in [-0.2, 0) is 0 Å². The van der Waals surface area contributed by atoms with Crippen LogP contribution in [0.4, 0.5) is 11.6 Å². The third-order valence-corrected chi connectivity index (χ3v) is 3.77. The summed E-state index contributed by atoms with van der Waals surface area (Å²) in [5.41, 5.74) is 13.7. The number of nitrogen functional groups attached to an aromatic ring is 2. The SMILES string of the molecule is Cc1cc(N)n(-c2nnc(-n3nc(C)cc3N)c3ccccc23)n1. The van der Waals surface area contributed by atoms with E-state index in [0.29, 0.717) is 23.3 Å². The smallest absolute Gasteiger partial charge is 0.185 e. The molecule has 0 saturated heterocycles. The maximum Gasteiger partial charge on any atom is 0.185 e. The standard InChI is InChI=1S/C16H16N8/c1-9-7-13(17)23(21-9)15-11-5-3-4-6-12(11)16(20-19-15)24-14(18)8-10(2)22-24/h3-8H,17-18H2,1-2H3. The van der Waals surface area contributed by atoms with Crippen molar-refractivity contribution in [2.75, 3.05) is 11.5 Å². The molecule has 24 heavy (non-hydrogen) atoms. The Bertz CT molecular complexity index is 975. The first-order valence-corrected chi connectivity index (χ1v) is 7.45. The van der Waals surface area contributed by atoms with E-state index in [0.717, 1.165) is 22.2 Å². The summed E-state index contributed by atoms with van der Waals surface area (Å²) in [5, 5.41) is 19.2.